The number of rotatable bonds is 5. The summed E-state index contributed by atoms with van der Waals surface area (Å²) in [6.45, 7) is 4.25. The van der Waals surface area contributed by atoms with Crippen molar-refractivity contribution in [1.82, 2.24) is 20.6 Å². The number of hydrogen-bond donors (Lipinski definition) is 2. The maximum absolute atomic E-state index is 13.9. The predicted octanol–water partition coefficient (Wildman–Crippen LogP) is 2.80. The zero-order chi connectivity index (χ0) is 17.6. The van der Waals surface area contributed by atoms with E-state index in [2.05, 4.69) is 32.5 Å². The van der Waals surface area contributed by atoms with Gasteiger partial charge in [-0.2, -0.15) is 0 Å². The molecule has 3 rings (SSSR count). The summed E-state index contributed by atoms with van der Waals surface area (Å²) in [5, 5.41) is 7.74. The maximum atomic E-state index is 13.9. The molecule has 2 aromatic heterocycles. The Morgan fingerprint density at radius 1 is 1.46 bits per heavy atom. The SMILES string of the molecule is CCc1cnc(CNC(=NC)NC2CCN(c3ncccc3F)C2)s1.I. The third kappa shape index (κ3) is 5.26. The summed E-state index contributed by atoms with van der Waals surface area (Å²) in [6.07, 6.45) is 5.47. The molecular weight excluding hydrogens is 466 g/mol. The highest BCUT2D eigenvalue weighted by Crippen LogP contribution is 2.20. The van der Waals surface area contributed by atoms with E-state index in [9.17, 15) is 4.39 Å². The first-order valence-corrected chi connectivity index (χ1v) is 9.27. The standard InChI is InChI=1S/C17H23FN6S.HI/c1-3-13-9-21-15(25-13)10-22-17(19-2)23-12-6-8-24(11-12)16-14(18)5-4-7-20-16;/h4-5,7,9,12H,3,6,8,10-11H2,1-2H3,(H2,19,22,23);1H. The van der Waals surface area contributed by atoms with E-state index in [1.165, 1.54) is 10.9 Å². The Morgan fingerprint density at radius 3 is 3.00 bits per heavy atom. The molecule has 0 saturated carbocycles. The summed E-state index contributed by atoms with van der Waals surface area (Å²) in [6, 6.07) is 3.26. The van der Waals surface area contributed by atoms with Crippen LogP contribution < -0.4 is 15.5 Å². The molecule has 142 valence electrons. The van der Waals surface area contributed by atoms with Crippen LogP contribution in [-0.2, 0) is 13.0 Å². The molecule has 1 aliphatic rings. The Morgan fingerprint density at radius 2 is 2.31 bits per heavy atom. The third-order valence-electron chi connectivity index (χ3n) is 4.15. The summed E-state index contributed by atoms with van der Waals surface area (Å²) >= 11 is 1.71. The number of halogens is 2. The van der Waals surface area contributed by atoms with Crippen LogP contribution in [0.15, 0.2) is 29.5 Å². The van der Waals surface area contributed by atoms with Gasteiger partial charge in [0.15, 0.2) is 17.6 Å². The molecule has 0 amide bonds. The molecule has 3 heterocycles. The van der Waals surface area contributed by atoms with E-state index in [0.29, 0.717) is 18.9 Å². The second-order valence-electron chi connectivity index (χ2n) is 5.88. The van der Waals surface area contributed by atoms with Gasteiger partial charge in [-0.25, -0.2) is 14.4 Å². The molecule has 26 heavy (non-hydrogen) atoms. The Kier molecular flexibility index (Phi) is 8.01. The first-order chi connectivity index (χ1) is 12.2. The van der Waals surface area contributed by atoms with Crippen LogP contribution >= 0.6 is 35.3 Å². The number of thiazole rings is 1. The average molecular weight is 490 g/mol. The number of aliphatic imine (C=N–C) groups is 1. The molecule has 1 atom stereocenters. The molecule has 1 unspecified atom stereocenters. The molecular formula is C17H24FIN6S. The zero-order valence-corrected chi connectivity index (χ0v) is 18.1. The van der Waals surface area contributed by atoms with Crippen LogP contribution in [0, 0.1) is 5.82 Å². The first kappa shape index (κ1) is 20.8. The number of aromatic nitrogens is 2. The molecule has 0 aromatic carbocycles. The average Bonchev–Trinajstić information content (AvgIpc) is 3.28. The van der Waals surface area contributed by atoms with Gasteiger partial charge in [0.25, 0.3) is 0 Å². The largest absolute Gasteiger partial charge is 0.352 e. The Balaban J connectivity index is 0.00000243. The van der Waals surface area contributed by atoms with Crippen LogP contribution in [0.5, 0.6) is 0 Å². The lowest BCUT2D eigenvalue weighted by Crippen LogP contribution is -2.44. The van der Waals surface area contributed by atoms with Crippen LogP contribution in [0.3, 0.4) is 0 Å². The summed E-state index contributed by atoms with van der Waals surface area (Å²) in [4.78, 5) is 16.1. The van der Waals surface area contributed by atoms with E-state index < -0.39 is 0 Å². The molecule has 1 saturated heterocycles. The smallest absolute Gasteiger partial charge is 0.191 e. The van der Waals surface area contributed by atoms with Crippen molar-refractivity contribution in [2.45, 2.75) is 32.4 Å². The molecule has 1 fully saturated rings. The number of nitrogens with one attached hydrogen (secondary N) is 2. The number of aryl methyl sites for hydroxylation is 1. The summed E-state index contributed by atoms with van der Waals surface area (Å²) in [5.41, 5.74) is 0. The van der Waals surface area contributed by atoms with Crippen LogP contribution in [0.4, 0.5) is 10.2 Å². The quantitative estimate of drug-likeness (QED) is 0.384. The van der Waals surface area contributed by atoms with Crippen molar-refractivity contribution in [3.8, 4) is 0 Å². The van der Waals surface area contributed by atoms with Gasteiger partial charge in [-0.05, 0) is 25.0 Å². The number of anilines is 1. The van der Waals surface area contributed by atoms with Gasteiger partial charge in [0.2, 0.25) is 0 Å². The first-order valence-electron chi connectivity index (χ1n) is 8.45. The van der Waals surface area contributed by atoms with Crippen molar-refractivity contribution >= 4 is 47.1 Å². The number of hydrogen-bond acceptors (Lipinski definition) is 5. The highest BCUT2D eigenvalue weighted by atomic mass is 127. The summed E-state index contributed by atoms with van der Waals surface area (Å²) in [7, 11) is 1.75. The van der Waals surface area contributed by atoms with Crippen LogP contribution in [0.2, 0.25) is 0 Å². The summed E-state index contributed by atoms with van der Waals surface area (Å²) in [5.74, 6) is 0.882. The van der Waals surface area contributed by atoms with Gasteiger partial charge in [0, 0.05) is 43.4 Å². The van der Waals surface area contributed by atoms with E-state index >= 15 is 0 Å². The Bertz CT molecular complexity index is 738. The molecule has 0 radical (unpaired) electrons. The lowest BCUT2D eigenvalue weighted by molar-refractivity contribution is 0.612. The second-order valence-corrected chi connectivity index (χ2v) is 7.08. The topological polar surface area (TPSA) is 65.4 Å². The second kappa shape index (κ2) is 10.0. The lowest BCUT2D eigenvalue weighted by Gasteiger charge is -2.19. The van der Waals surface area contributed by atoms with Crippen LogP contribution in [0.25, 0.3) is 0 Å². The normalized spacial score (nSPS) is 17.1. The van der Waals surface area contributed by atoms with E-state index in [1.807, 2.05) is 11.1 Å². The minimum absolute atomic E-state index is 0. The molecule has 0 aliphatic carbocycles. The van der Waals surface area contributed by atoms with Crippen LogP contribution in [-0.4, -0.2) is 42.1 Å². The zero-order valence-electron chi connectivity index (χ0n) is 14.9. The predicted molar refractivity (Wildman–Crippen MR) is 115 cm³/mol. The fourth-order valence-corrected chi connectivity index (χ4v) is 3.62. The number of pyridine rings is 1. The Hall–Kier alpha value is -1.49. The molecule has 0 spiro atoms. The Labute approximate surface area is 174 Å². The minimum atomic E-state index is -0.277. The van der Waals surface area contributed by atoms with Crippen molar-refractivity contribution in [3.05, 3.63) is 40.2 Å². The molecule has 2 aromatic rings. The van der Waals surface area contributed by atoms with Gasteiger partial charge in [-0.1, -0.05) is 6.92 Å². The molecule has 0 bridgehead atoms. The van der Waals surface area contributed by atoms with Gasteiger partial charge >= 0.3 is 0 Å². The van der Waals surface area contributed by atoms with E-state index in [1.54, 1.807) is 30.6 Å². The van der Waals surface area contributed by atoms with Crippen molar-refractivity contribution < 1.29 is 4.39 Å². The highest BCUT2D eigenvalue weighted by molar-refractivity contribution is 14.0. The maximum Gasteiger partial charge on any atom is 0.191 e. The minimum Gasteiger partial charge on any atom is -0.352 e. The van der Waals surface area contributed by atoms with Crippen molar-refractivity contribution in [2.75, 3.05) is 25.0 Å². The van der Waals surface area contributed by atoms with Crippen molar-refractivity contribution in [3.63, 3.8) is 0 Å². The van der Waals surface area contributed by atoms with Gasteiger partial charge in [0.1, 0.15) is 5.01 Å². The molecule has 2 N–H and O–H groups in total. The van der Waals surface area contributed by atoms with E-state index in [-0.39, 0.29) is 35.8 Å². The van der Waals surface area contributed by atoms with Crippen molar-refractivity contribution in [2.24, 2.45) is 4.99 Å². The number of guanidine groups is 1. The fraction of sp³-hybridized carbons (Fsp3) is 0.471. The van der Waals surface area contributed by atoms with E-state index in [0.717, 1.165) is 30.4 Å². The van der Waals surface area contributed by atoms with Gasteiger partial charge < -0.3 is 15.5 Å². The number of nitrogens with zero attached hydrogens (tertiary/aromatic N) is 4. The monoisotopic (exact) mass is 490 g/mol. The molecule has 6 nitrogen and oxygen atoms in total. The molecule has 9 heteroatoms. The lowest BCUT2D eigenvalue weighted by atomic mass is 10.3. The fourth-order valence-electron chi connectivity index (χ4n) is 2.82. The molecule has 1 aliphatic heterocycles. The van der Waals surface area contributed by atoms with Gasteiger partial charge in [-0.3, -0.25) is 4.99 Å². The van der Waals surface area contributed by atoms with Crippen molar-refractivity contribution in [1.29, 1.82) is 0 Å². The van der Waals surface area contributed by atoms with E-state index in [4.69, 9.17) is 0 Å². The highest BCUT2D eigenvalue weighted by Gasteiger charge is 2.25. The third-order valence-corrected chi connectivity index (χ3v) is 5.29. The van der Waals surface area contributed by atoms with Gasteiger partial charge in [0.05, 0.1) is 6.54 Å². The van der Waals surface area contributed by atoms with Crippen LogP contribution in [0.1, 0.15) is 23.2 Å². The van der Waals surface area contributed by atoms with Gasteiger partial charge in [-0.15, -0.1) is 35.3 Å². The summed E-state index contributed by atoms with van der Waals surface area (Å²) < 4.78 is 13.9.